The number of nitrogens with zero attached hydrogens (tertiary/aromatic N) is 5. The summed E-state index contributed by atoms with van der Waals surface area (Å²) in [4.78, 5) is 11.1. The van der Waals surface area contributed by atoms with E-state index in [4.69, 9.17) is 10.5 Å². The Hall–Kier alpha value is -2.67. The summed E-state index contributed by atoms with van der Waals surface area (Å²) in [7, 11) is 0. The molecule has 0 unspecified atom stereocenters. The van der Waals surface area contributed by atoms with E-state index in [2.05, 4.69) is 58.1 Å². The van der Waals surface area contributed by atoms with Crippen LogP contribution in [0.5, 0.6) is 6.01 Å². The molecule has 0 amide bonds. The van der Waals surface area contributed by atoms with Crippen molar-refractivity contribution in [3.05, 3.63) is 47.3 Å². The van der Waals surface area contributed by atoms with Crippen LogP contribution in [0.25, 0.3) is 5.65 Å². The minimum Gasteiger partial charge on any atom is -0.462 e. The van der Waals surface area contributed by atoms with Crippen molar-refractivity contribution in [1.82, 2.24) is 24.5 Å². The Kier molecular flexibility index (Phi) is 5.43. The molecule has 1 saturated heterocycles. The molecule has 4 rings (SSSR count). The van der Waals surface area contributed by atoms with Gasteiger partial charge in [-0.2, -0.15) is 4.98 Å². The number of benzene rings is 1. The Morgan fingerprint density at radius 2 is 1.96 bits per heavy atom. The number of anilines is 1. The summed E-state index contributed by atoms with van der Waals surface area (Å²) in [5.41, 5.74) is 10.2. The van der Waals surface area contributed by atoms with Gasteiger partial charge in [0.15, 0.2) is 11.5 Å². The van der Waals surface area contributed by atoms with Crippen LogP contribution in [0.3, 0.4) is 0 Å². The molecule has 0 radical (unpaired) electrons. The molecule has 2 aromatic heterocycles. The summed E-state index contributed by atoms with van der Waals surface area (Å²) in [5, 5.41) is 4.50. The number of imidazole rings is 1. The largest absolute Gasteiger partial charge is 0.462 e. The molecule has 1 aliphatic rings. The first-order valence-electron chi connectivity index (χ1n) is 10.0. The Balaban J connectivity index is 1.55. The van der Waals surface area contributed by atoms with Crippen molar-refractivity contribution in [2.24, 2.45) is 5.92 Å². The average Bonchev–Trinajstić information content (AvgIpc) is 3.31. The standard InChI is InChI=1S/C21H28N6O/c1-15(2)14-28-21-24-19(22)20-23-12-18(27(20)25-21)11-16-6-5-7-17(10-16)13-26-8-3-4-9-26/h5-7,10,12,15H,3-4,8-9,11,13-14H2,1-2H3,(H2,22,24,25). The average molecular weight is 380 g/mol. The molecule has 0 aliphatic carbocycles. The quantitative estimate of drug-likeness (QED) is 0.679. The fourth-order valence-electron chi connectivity index (χ4n) is 3.60. The van der Waals surface area contributed by atoms with Gasteiger partial charge in [0.25, 0.3) is 0 Å². The third kappa shape index (κ3) is 4.25. The molecule has 148 valence electrons. The number of fused-ring (bicyclic) bond motifs is 1. The summed E-state index contributed by atoms with van der Waals surface area (Å²) in [6.07, 6.45) is 5.17. The van der Waals surface area contributed by atoms with Gasteiger partial charge in [-0.3, -0.25) is 4.90 Å². The van der Waals surface area contributed by atoms with Gasteiger partial charge >= 0.3 is 6.01 Å². The Labute approximate surface area is 165 Å². The van der Waals surface area contributed by atoms with E-state index in [-0.39, 0.29) is 0 Å². The molecule has 7 nitrogen and oxygen atoms in total. The summed E-state index contributed by atoms with van der Waals surface area (Å²) in [6, 6.07) is 9.05. The van der Waals surface area contributed by atoms with Gasteiger partial charge in [-0.25, -0.2) is 9.50 Å². The molecule has 1 aromatic carbocycles. The van der Waals surface area contributed by atoms with Crippen molar-refractivity contribution < 1.29 is 4.74 Å². The van der Waals surface area contributed by atoms with Crippen LogP contribution < -0.4 is 10.5 Å². The van der Waals surface area contributed by atoms with Crippen LogP contribution in [0.1, 0.15) is 43.5 Å². The molecule has 1 fully saturated rings. The van der Waals surface area contributed by atoms with Gasteiger partial charge < -0.3 is 10.5 Å². The number of rotatable bonds is 7. The van der Waals surface area contributed by atoms with E-state index in [1.165, 1.54) is 37.1 Å². The molecule has 0 bridgehead atoms. The number of likely N-dealkylation sites (tertiary alicyclic amines) is 1. The molecule has 7 heteroatoms. The van der Waals surface area contributed by atoms with Crippen LogP contribution in [0, 0.1) is 5.92 Å². The van der Waals surface area contributed by atoms with Crippen LogP contribution in [-0.2, 0) is 13.0 Å². The van der Waals surface area contributed by atoms with Crippen molar-refractivity contribution in [2.75, 3.05) is 25.4 Å². The van der Waals surface area contributed by atoms with E-state index >= 15 is 0 Å². The maximum atomic E-state index is 6.07. The lowest BCUT2D eigenvalue weighted by atomic mass is 10.1. The first-order valence-corrected chi connectivity index (χ1v) is 10.0. The lowest BCUT2D eigenvalue weighted by Gasteiger charge is -2.15. The zero-order valence-corrected chi connectivity index (χ0v) is 16.6. The maximum Gasteiger partial charge on any atom is 0.336 e. The highest BCUT2D eigenvalue weighted by Gasteiger charge is 2.14. The minimum atomic E-state index is 0.292. The normalized spacial score (nSPS) is 15.0. The molecule has 0 saturated carbocycles. The monoisotopic (exact) mass is 380 g/mol. The molecule has 1 aliphatic heterocycles. The summed E-state index contributed by atoms with van der Waals surface area (Å²) < 4.78 is 7.42. The van der Waals surface area contributed by atoms with E-state index in [1.807, 2.05) is 6.20 Å². The smallest absolute Gasteiger partial charge is 0.336 e. The van der Waals surface area contributed by atoms with E-state index < -0.39 is 0 Å². The van der Waals surface area contributed by atoms with Crippen molar-refractivity contribution in [3.8, 4) is 6.01 Å². The number of hydrogen-bond acceptors (Lipinski definition) is 6. The molecule has 3 aromatic rings. The van der Waals surface area contributed by atoms with Crippen LogP contribution >= 0.6 is 0 Å². The second-order valence-electron chi connectivity index (χ2n) is 7.95. The Morgan fingerprint density at radius 1 is 1.18 bits per heavy atom. The number of ether oxygens (including phenoxy) is 1. The van der Waals surface area contributed by atoms with Crippen molar-refractivity contribution in [2.45, 2.75) is 39.7 Å². The number of nitrogens with two attached hydrogens (primary N) is 1. The number of hydrogen-bond donors (Lipinski definition) is 1. The summed E-state index contributed by atoms with van der Waals surface area (Å²) >= 11 is 0. The van der Waals surface area contributed by atoms with E-state index in [9.17, 15) is 0 Å². The zero-order chi connectivity index (χ0) is 19.5. The predicted molar refractivity (Wildman–Crippen MR) is 109 cm³/mol. The Bertz CT molecular complexity index is 945. The lowest BCUT2D eigenvalue weighted by Crippen LogP contribution is -2.18. The van der Waals surface area contributed by atoms with Gasteiger partial charge in [0, 0.05) is 13.0 Å². The summed E-state index contributed by atoms with van der Waals surface area (Å²) in [6.45, 7) is 8.13. The van der Waals surface area contributed by atoms with Crippen LogP contribution in [0.2, 0.25) is 0 Å². The van der Waals surface area contributed by atoms with Gasteiger partial charge in [-0.1, -0.05) is 38.1 Å². The molecule has 28 heavy (non-hydrogen) atoms. The molecular formula is C21H28N6O. The van der Waals surface area contributed by atoms with Crippen molar-refractivity contribution >= 4 is 11.5 Å². The Morgan fingerprint density at radius 3 is 2.75 bits per heavy atom. The molecule has 0 atom stereocenters. The molecular weight excluding hydrogens is 352 g/mol. The van der Waals surface area contributed by atoms with E-state index in [1.54, 1.807) is 4.52 Å². The van der Waals surface area contributed by atoms with Crippen molar-refractivity contribution in [1.29, 1.82) is 0 Å². The highest BCUT2D eigenvalue weighted by atomic mass is 16.5. The highest BCUT2D eigenvalue weighted by Crippen LogP contribution is 2.19. The minimum absolute atomic E-state index is 0.292. The summed E-state index contributed by atoms with van der Waals surface area (Å²) in [5.74, 6) is 0.726. The molecule has 0 spiro atoms. The molecule has 2 N–H and O–H groups in total. The van der Waals surface area contributed by atoms with Crippen LogP contribution in [-0.4, -0.2) is 44.2 Å². The van der Waals surface area contributed by atoms with Gasteiger partial charge in [0.1, 0.15) is 0 Å². The second-order valence-corrected chi connectivity index (χ2v) is 7.95. The van der Waals surface area contributed by atoms with Gasteiger partial charge in [0.05, 0.1) is 18.5 Å². The second kappa shape index (κ2) is 8.14. The van der Waals surface area contributed by atoms with Crippen LogP contribution in [0.4, 0.5) is 5.82 Å². The number of nitrogen functional groups attached to an aromatic ring is 1. The van der Waals surface area contributed by atoms with Gasteiger partial charge in [-0.15, -0.1) is 5.10 Å². The maximum absolute atomic E-state index is 6.07. The third-order valence-corrected chi connectivity index (χ3v) is 4.97. The van der Waals surface area contributed by atoms with Crippen LogP contribution in [0.15, 0.2) is 30.5 Å². The van der Waals surface area contributed by atoms with Gasteiger partial charge in [-0.05, 0) is 43.0 Å². The zero-order valence-electron chi connectivity index (χ0n) is 16.6. The van der Waals surface area contributed by atoms with Gasteiger partial charge in [0.2, 0.25) is 0 Å². The molecule has 3 heterocycles. The van der Waals surface area contributed by atoms with Crippen molar-refractivity contribution in [3.63, 3.8) is 0 Å². The van der Waals surface area contributed by atoms with E-state index in [0.29, 0.717) is 30.0 Å². The first-order chi connectivity index (χ1) is 13.6. The van der Waals surface area contributed by atoms with E-state index in [0.717, 1.165) is 18.7 Å². The topological polar surface area (TPSA) is 81.6 Å². The third-order valence-electron chi connectivity index (χ3n) is 4.97. The fourth-order valence-corrected chi connectivity index (χ4v) is 3.60. The highest BCUT2D eigenvalue weighted by molar-refractivity contribution is 5.59. The fraction of sp³-hybridized carbons (Fsp3) is 0.476. The SMILES string of the molecule is CC(C)COc1nc(N)c2ncc(Cc3cccc(CN4CCCC4)c3)n2n1. The number of aromatic nitrogens is 4. The lowest BCUT2D eigenvalue weighted by molar-refractivity contribution is 0.247. The first kappa shape index (κ1) is 18.7. The predicted octanol–water partition coefficient (Wildman–Crippen LogP) is 2.93.